The molecule has 2 aromatic heterocycles. The van der Waals surface area contributed by atoms with E-state index in [0.717, 1.165) is 30.6 Å². The molecule has 5 heteroatoms. The average molecular weight is 275 g/mol. The Bertz CT molecular complexity index is 585. The van der Waals surface area contributed by atoms with E-state index in [-0.39, 0.29) is 6.23 Å². The molecule has 0 amide bonds. The van der Waals surface area contributed by atoms with Crippen molar-refractivity contribution in [3.8, 4) is 0 Å². The van der Waals surface area contributed by atoms with Crippen molar-refractivity contribution in [2.24, 2.45) is 0 Å². The van der Waals surface area contributed by atoms with Crippen molar-refractivity contribution in [3.05, 3.63) is 24.2 Å². The molecule has 100 valence electrons. The van der Waals surface area contributed by atoms with E-state index in [1.165, 1.54) is 23.8 Å². The van der Waals surface area contributed by atoms with Crippen molar-refractivity contribution < 1.29 is 4.74 Å². The van der Waals surface area contributed by atoms with Crippen LogP contribution in [0.15, 0.2) is 18.3 Å². The van der Waals surface area contributed by atoms with Crippen LogP contribution in [-0.2, 0) is 4.74 Å². The molecule has 2 unspecified atom stereocenters. The minimum Gasteiger partial charge on any atom is -0.358 e. The zero-order valence-corrected chi connectivity index (χ0v) is 11.6. The number of imidazole rings is 1. The molecule has 0 aliphatic carbocycles. The summed E-state index contributed by atoms with van der Waals surface area (Å²) in [6.45, 7) is 0.857. The normalized spacial score (nSPS) is 27.4. The molecule has 0 N–H and O–H groups in total. The molecule has 0 spiro atoms. The Morgan fingerprint density at radius 2 is 2.37 bits per heavy atom. The maximum Gasteiger partial charge on any atom is 0.162 e. The number of hydrogen-bond acceptors (Lipinski definition) is 4. The second-order valence-corrected chi connectivity index (χ2v) is 6.36. The molecule has 2 saturated heterocycles. The Morgan fingerprint density at radius 3 is 3.16 bits per heavy atom. The molecule has 19 heavy (non-hydrogen) atoms. The number of ether oxygens (including phenoxy) is 1. The summed E-state index contributed by atoms with van der Waals surface area (Å²) < 4.78 is 8.14. The van der Waals surface area contributed by atoms with Crippen molar-refractivity contribution in [3.63, 3.8) is 0 Å². The van der Waals surface area contributed by atoms with Crippen LogP contribution >= 0.6 is 11.8 Å². The van der Waals surface area contributed by atoms with Crippen LogP contribution in [0.3, 0.4) is 0 Å². The maximum atomic E-state index is 5.88. The monoisotopic (exact) mass is 275 g/mol. The predicted octanol–water partition coefficient (Wildman–Crippen LogP) is 2.96. The molecule has 2 aromatic rings. The van der Waals surface area contributed by atoms with Crippen LogP contribution in [0.1, 0.15) is 37.2 Å². The minimum atomic E-state index is 0.139. The third-order valence-corrected chi connectivity index (χ3v) is 5.13. The third-order valence-electron chi connectivity index (χ3n) is 3.96. The van der Waals surface area contributed by atoms with E-state index in [9.17, 15) is 0 Å². The lowest BCUT2D eigenvalue weighted by Crippen LogP contribution is -2.14. The summed E-state index contributed by atoms with van der Waals surface area (Å²) in [4.78, 5) is 9.38. The molecule has 4 rings (SSSR count). The van der Waals surface area contributed by atoms with Crippen LogP contribution in [0.5, 0.6) is 0 Å². The number of nitrogens with zero attached hydrogens (tertiary/aromatic N) is 3. The number of rotatable bonds is 2. The highest BCUT2D eigenvalue weighted by Gasteiger charge is 2.29. The van der Waals surface area contributed by atoms with Gasteiger partial charge in [0.05, 0.1) is 0 Å². The van der Waals surface area contributed by atoms with E-state index in [0.29, 0.717) is 5.92 Å². The molecular weight excluding hydrogens is 258 g/mol. The molecule has 2 atom stereocenters. The average Bonchev–Trinajstić information content (AvgIpc) is 3.17. The number of pyridine rings is 1. The van der Waals surface area contributed by atoms with Crippen molar-refractivity contribution in [2.45, 2.75) is 31.4 Å². The molecule has 0 saturated carbocycles. The zero-order valence-electron chi connectivity index (χ0n) is 10.8. The van der Waals surface area contributed by atoms with Gasteiger partial charge in [-0.3, -0.25) is 4.57 Å². The van der Waals surface area contributed by atoms with Gasteiger partial charge in [0.25, 0.3) is 0 Å². The zero-order chi connectivity index (χ0) is 12.7. The van der Waals surface area contributed by atoms with Gasteiger partial charge in [-0.2, -0.15) is 11.8 Å². The summed E-state index contributed by atoms with van der Waals surface area (Å²) in [5, 5.41) is 0. The van der Waals surface area contributed by atoms with E-state index in [1.807, 2.05) is 24.0 Å². The molecule has 4 heterocycles. The van der Waals surface area contributed by atoms with Crippen LogP contribution in [0.4, 0.5) is 0 Å². The summed E-state index contributed by atoms with van der Waals surface area (Å²) in [7, 11) is 0. The summed E-state index contributed by atoms with van der Waals surface area (Å²) in [6, 6.07) is 4.02. The maximum absolute atomic E-state index is 5.88. The summed E-state index contributed by atoms with van der Waals surface area (Å²) in [6.07, 6.45) is 5.43. The number of fused-ring (bicyclic) bond motifs is 1. The van der Waals surface area contributed by atoms with Crippen molar-refractivity contribution in [1.82, 2.24) is 14.5 Å². The fraction of sp³-hybridized carbons (Fsp3) is 0.571. The van der Waals surface area contributed by atoms with Gasteiger partial charge in [0.1, 0.15) is 17.6 Å². The Morgan fingerprint density at radius 1 is 1.37 bits per heavy atom. The SMILES string of the molecule is c1cnc2c(c1)nc(C1CCSC1)n2C1CCCO1. The summed E-state index contributed by atoms with van der Waals surface area (Å²) >= 11 is 2.02. The topological polar surface area (TPSA) is 39.9 Å². The van der Waals surface area contributed by atoms with E-state index < -0.39 is 0 Å². The lowest BCUT2D eigenvalue weighted by molar-refractivity contribution is 0.0564. The summed E-state index contributed by atoms with van der Waals surface area (Å²) in [5.41, 5.74) is 1.99. The molecule has 2 fully saturated rings. The van der Waals surface area contributed by atoms with Gasteiger partial charge in [-0.05, 0) is 37.1 Å². The third kappa shape index (κ3) is 1.96. The molecule has 2 aliphatic heterocycles. The van der Waals surface area contributed by atoms with Gasteiger partial charge in [-0.15, -0.1) is 0 Å². The van der Waals surface area contributed by atoms with Crippen LogP contribution in [-0.4, -0.2) is 32.6 Å². The lowest BCUT2D eigenvalue weighted by atomic mass is 10.1. The van der Waals surface area contributed by atoms with E-state index in [2.05, 4.69) is 15.6 Å². The highest BCUT2D eigenvalue weighted by molar-refractivity contribution is 7.99. The molecule has 0 bridgehead atoms. The Kier molecular flexibility index (Phi) is 2.96. The predicted molar refractivity (Wildman–Crippen MR) is 76.4 cm³/mol. The second kappa shape index (κ2) is 4.80. The molecule has 0 radical (unpaired) electrons. The molecular formula is C14H17N3OS. The smallest absolute Gasteiger partial charge is 0.162 e. The largest absolute Gasteiger partial charge is 0.358 e. The lowest BCUT2D eigenvalue weighted by Gasteiger charge is -2.18. The summed E-state index contributed by atoms with van der Waals surface area (Å²) in [5.74, 6) is 4.16. The molecule has 0 aromatic carbocycles. The highest BCUT2D eigenvalue weighted by Crippen LogP contribution is 2.36. The standard InChI is InChI=1S/C14H17N3OS/c1-3-11-14(15-6-1)17(12-4-2-7-18-12)13(16-11)10-5-8-19-9-10/h1,3,6,10,12H,2,4-5,7-9H2. The fourth-order valence-corrected chi connectivity index (χ4v) is 4.24. The molecule has 2 aliphatic rings. The van der Waals surface area contributed by atoms with Crippen LogP contribution in [0, 0.1) is 0 Å². The number of hydrogen-bond donors (Lipinski definition) is 0. The first-order valence-corrected chi connectivity index (χ1v) is 8.11. The van der Waals surface area contributed by atoms with Gasteiger partial charge in [0.15, 0.2) is 5.65 Å². The van der Waals surface area contributed by atoms with Gasteiger partial charge in [0, 0.05) is 24.5 Å². The molecule has 4 nitrogen and oxygen atoms in total. The fourth-order valence-electron chi connectivity index (χ4n) is 3.02. The van der Waals surface area contributed by atoms with Crippen LogP contribution < -0.4 is 0 Å². The van der Waals surface area contributed by atoms with Gasteiger partial charge in [-0.1, -0.05) is 0 Å². The Hall–Kier alpha value is -1.07. The van der Waals surface area contributed by atoms with E-state index in [1.54, 1.807) is 0 Å². The van der Waals surface area contributed by atoms with E-state index >= 15 is 0 Å². The Balaban J connectivity index is 1.87. The first kappa shape index (κ1) is 11.7. The minimum absolute atomic E-state index is 0.139. The van der Waals surface area contributed by atoms with Gasteiger partial charge in [-0.25, -0.2) is 9.97 Å². The number of aromatic nitrogens is 3. The van der Waals surface area contributed by atoms with E-state index in [4.69, 9.17) is 9.72 Å². The quantitative estimate of drug-likeness (QED) is 0.845. The van der Waals surface area contributed by atoms with Gasteiger partial charge < -0.3 is 4.74 Å². The second-order valence-electron chi connectivity index (χ2n) is 5.21. The van der Waals surface area contributed by atoms with Crippen molar-refractivity contribution in [2.75, 3.05) is 18.1 Å². The van der Waals surface area contributed by atoms with Crippen molar-refractivity contribution >= 4 is 22.9 Å². The van der Waals surface area contributed by atoms with Crippen LogP contribution in [0.25, 0.3) is 11.2 Å². The van der Waals surface area contributed by atoms with Crippen molar-refractivity contribution in [1.29, 1.82) is 0 Å². The Labute approximate surface area is 116 Å². The highest BCUT2D eigenvalue weighted by atomic mass is 32.2. The number of thioether (sulfide) groups is 1. The van der Waals surface area contributed by atoms with Gasteiger partial charge >= 0.3 is 0 Å². The van der Waals surface area contributed by atoms with Crippen LogP contribution in [0.2, 0.25) is 0 Å². The van der Waals surface area contributed by atoms with Gasteiger partial charge in [0.2, 0.25) is 0 Å². The first-order chi connectivity index (χ1) is 9.43. The first-order valence-electron chi connectivity index (χ1n) is 6.95.